The number of nitrogens with one attached hydrogen (secondary N) is 1. The standard InChI is InChI=1S/C29H35N3O4S/c1-23-10-16-28(17-11-23)37(34,35)32(26-12-14-27(36-2)15-13-26)22-29(33)30-20-24-8-4-5-9-25(24)21-31-18-6-3-7-19-31/h4-5,8-17H,3,6-7,18-22H2,1-2H3,(H,30,33). The number of rotatable bonds is 10. The molecule has 0 aliphatic carbocycles. The zero-order valence-corrected chi connectivity index (χ0v) is 22.3. The highest BCUT2D eigenvalue weighted by atomic mass is 32.2. The van der Waals surface area contributed by atoms with Crippen LogP contribution < -0.4 is 14.4 Å². The monoisotopic (exact) mass is 521 g/mol. The minimum absolute atomic E-state index is 0.133. The molecule has 1 amide bonds. The molecule has 7 nitrogen and oxygen atoms in total. The van der Waals surface area contributed by atoms with Crippen LogP contribution in [0.25, 0.3) is 0 Å². The Hall–Kier alpha value is -3.36. The van der Waals surface area contributed by atoms with Gasteiger partial charge >= 0.3 is 0 Å². The summed E-state index contributed by atoms with van der Waals surface area (Å²) in [5, 5.41) is 2.94. The van der Waals surface area contributed by atoms with Crippen LogP contribution in [0.4, 0.5) is 5.69 Å². The molecule has 196 valence electrons. The Bertz CT molecular complexity index is 1290. The van der Waals surface area contributed by atoms with Gasteiger partial charge in [0.05, 0.1) is 17.7 Å². The minimum atomic E-state index is -3.97. The summed E-state index contributed by atoms with van der Waals surface area (Å²) in [5.41, 5.74) is 3.57. The molecule has 8 heteroatoms. The second kappa shape index (κ2) is 12.3. The average molecular weight is 522 g/mol. The maximum Gasteiger partial charge on any atom is 0.264 e. The van der Waals surface area contributed by atoms with Crippen LogP contribution in [0.5, 0.6) is 5.75 Å². The number of ether oxygens (including phenoxy) is 1. The maximum absolute atomic E-state index is 13.6. The van der Waals surface area contributed by atoms with Crippen molar-refractivity contribution in [3.8, 4) is 5.75 Å². The molecule has 0 radical (unpaired) electrons. The number of likely N-dealkylation sites (tertiary alicyclic amines) is 1. The number of nitrogens with zero attached hydrogens (tertiary/aromatic N) is 2. The van der Waals surface area contributed by atoms with Crippen LogP contribution in [0.3, 0.4) is 0 Å². The Balaban J connectivity index is 1.51. The fourth-order valence-corrected chi connectivity index (χ4v) is 5.94. The SMILES string of the molecule is COc1ccc(N(CC(=O)NCc2ccccc2CN2CCCCC2)S(=O)(=O)c2ccc(C)cc2)cc1. The Morgan fingerprint density at radius 2 is 1.57 bits per heavy atom. The largest absolute Gasteiger partial charge is 0.497 e. The molecule has 1 aliphatic heterocycles. The summed E-state index contributed by atoms with van der Waals surface area (Å²) in [6.07, 6.45) is 3.72. The van der Waals surface area contributed by atoms with Crippen LogP contribution in [0.15, 0.2) is 77.7 Å². The summed E-state index contributed by atoms with van der Waals surface area (Å²) in [5.74, 6) is 0.227. The fraction of sp³-hybridized carbons (Fsp3) is 0.345. The quantitative estimate of drug-likeness (QED) is 0.425. The van der Waals surface area contributed by atoms with Gasteiger partial charge in [0.2, 0.25) is 5.91 Å². The van der Waals surface area contributed by atoms with Gasteiger partial charge in [-0.1, -0.05) is 48.4 Å². The highest BCUT2D eigenvalue weighted by Gasteiger charge is 2.27. The minimum Gasteiger partial charge on any atom is -0.497 e. The van der Waals surface area contributed by atoms with E-state index in [0.29, 0.717) is 18.0 Å². The van der Waals surface area contributed by atoms with E-state index >= 15 is 0 Å². The second-order valence-corrected chi connectivity index (χ2v) is 11.3. The number of benzene rings is 3. The zero-order chi connectivity index (χ0) is 26.3. The van der Waals surface area contributed by atoms with Crippen molar-refractivity contribution < 1.29 is 17.9 Å². The van der Waals surface area contributed by atoms with Crippen LogP contribution in [0, 0.1) is 6.92 Å². The predicted octanol–water partition coefficient (Wildman–Crippen LogP) is 4.50. The molecule has 1 N–H and O–H groups in total. The van der Waals surface area contributed by atoms with Crippen molar-refractivity contribution in [3.63, 3.8) is 0 Å². The smallest absolute Gasteiger partial charge is 0.264 e. The molecule has 0 saturated carbocycles. The molecule has 0 atom stereocenters. The van der Waals surface area contributed by atoms with Gasteiger partial charge in [0, 0.05) is 13.1 Å². The summed E-state index contributed by atoms with van der Waals surface area (Å²) in [7, 11) is -2.42. The first-order chi connectivity index (χ1) is 17.9. The summed E-state index contributed by atoms with van der Waals surface area (Å²) < 4.78 is 33.5. The molecular formula is C29H35N3O4S. The number of anilines is 1. The predicted molar refractivity (Wildman–Crippen MR) is 146 cm³/mol. The molecule has 1 aliphatic rings. The molecule has 3 aromatic carbocycles. The van der Waals surface area contributed by atoms with Crippen molar-refractivity contribution >= 4 is 21.6 Å². The zero-order valence-electron chi connectivity index (χ0n) is 21.5. The van der Waals surface area contributed by atoms with E-state index in [2.05, 4.69) is 16.3 Å². The number of aryl methyl sites for hydroxylation is 1. The molecule has 3 aromatic rings. The van der Waals surface area contributed by atoms with Crippen LogP contribution in [0.2, 0.25) is 0 Å². The molecule has 0 spiro atoms. The summed E-state index contributed by atoms with van der Waals surface area (Å²) >= 11 is 0. The number of methoxy groups -OCH3 is 1. The van der Waals surface area contributed by atoms with Crippen molar-refractivity contribution in [3.05, 3.63) is 89.5 Å². The number of hydrogen-bond acceptors (Lipinski definition) is 5. The van der Waals surface area contributed by atoms with E-state index in [1.165, 1.54) is 24.8 Å². The van der Waals surface area contributed by atoms with Gasteiger partial charge in [0.25, 0.3) is 10.0 Å². The Morgan fingerprint density at radius 1 is 0.919 bits per heavy atom. The molecule has 0 aromatic heterocycles. The second-order valence-electron chi connectivity index (χ2n) is 9.41. The number of piperidine rings is 1. The third-order valence-corrected chi connectivity index (χ3v) is 8.48. The van der Waals surface area contributed by atoms with Crippen molar-refractivity contribution in [2.45, 2.75) is 44.2 Å². The van der Waals surface area contributed by atoms with Crippen LogP contribution in [-0.4, -0.2) is 46.0 Å². The summed E-state index contributed by atoms with van der Waals surface area (Å²) in [6.45, 7) is 4.93. The molecule has 4 rings (SSSR count). The third-order valence-electron chi connectivity index (χ3n) is 6.69. The molecule has 1 heterocycles. The summed E-state index contributed by atoms with van der Waals surface area (Å²) in [4.78, 5) is 15.7. The van der Waals surface area contributed by atoms with Crippen LogP contribution >= 0.6 is 0 Å². The van der Waals surface area contributed by atoms with E-state index < -0.39 is 10.0 Å². The van der Waals surface area contributed by atoms with E-state index in [1.54, 1.807) is 55.6 Å². The van der Waals surface area contributed by atoms with Gasteiger partial charge < -0.3 is 10.1 Å². The lowest BCUT2D eigenvalue weighted by molar-refractivity contribution is -0.119. The Labute approximate surface area is 220 Å². The van der Waals surface area contributed by atoms with Crippen molar-refractivity contribution in [2.75, 3.05) is 31.0 Å². The maximum atomic E-state index is 13.6. The third kappa shape index (κ3) is 6.90. The van der Waals surface area contributed by atoms with Crippen molar-refractivity contribution in [1.29, 1.82) is 0 Å². The van der Waals surface area contributed by atoms with Gasteiger partial charge in [0.15, 0.2) is 0 Å². The molecule has 37 heavy (non-hydrogen) atoms. The van der Waals surface area contributed by atoms with Gasteiger partial charge in [-0.2, -0.15) is 0 Å². The van der Waals surface area contributed by atoms with Gasteiger partial charge in [-0.05, 0) is 80.4 Å². The van der Waals surface area contributed by atoms with E-state index in [9.17, 15) is 13.2 Å². The molecule has 1 fully saturated rings. The lowest BCUT2D eigenvalue weighted by atomic mass is 10.0. The van der Waals surface area contributed by atoms with E-state index in [1.807, 2.05) is 25.1 Å². The highest BCUT2D eigenvalue weighted by molar-refractivity contribution is 7.92. The van der Waals surface area contributed by atoms with Crippen LogP contribution in [0.1, 0.15) is 36.0 Å². The normalized spacial score (nSPS) is 14.2. The number of sulfonamides is 1. The lowest BCUT2D eigenvalue weighted by Gasteiger charge is -2.27. The van der Waals surface area contributed by atoms with Gasteiger partial charge in [0.1, 0.15) is 12.3 Å². The first kappa shape index (κ1) is 26.7. The number of amides is 1. The highest BCUT2D eigenvalue weighted by Crippen LogP contribution is 2.26. The van der Waals surface area contributed by atoms with E-state index in [0.717, 1.165) is 35.1 Å². The fourth-order valence-electron chi connectivity index (χ4n) is 4.52. The van der Waals surface area contributed by atoms with Gasteiger partial charge in [-0.3, -0.25) is 14.0 Å². The Morgan fingerprint density at radius 3 is 2.22 bits per heavy atom. The van der Waals surface area contributed by atoms with E-state index in [4.69, 9.17) is 4.74 Å². The van der Waals surface area contributed by atoms with E-state index in [-0.39, 0.29) is 17.3 Å². The molecule has 1 saturated heterocycles. The number of hydrogen-bond donors (Lipinski definition) is 1. The topological polar surface area (TPSA) is 79.0 Å². The number of carbonyl (C=O) groups is 1. The van der Waals surface area contributed by atoms with Crippen LogP contribution in [-0.2, 0) is 27.9 Å². The first-order valence-electron chi connectivity index (χ1n) is 12.7. The molecule has 0 unspecified atom stereocenters. The lowest BCUT2D eigenvalue weighted by Crippen LogP contribution is -2.40. The molecule has 0 bridgehead atoms. The molecular weight excluding hydrogens is 486 g/mol. The average Bonchev–Trinajstić information content (AvgIpc) is 2.92. The first-order valence-corrected chi connectivity index (χ1v) is 14.1. The van der Waals surface area contributed by atoms with Crippen molar-refractivity contribution in [2.24, 2.45) is 0 Å². The van der Waals surface area contributed by atoms with Gasteiger partial charge in [-0.15, -0.1) is 0 Å². The Kier molecular flexibility index (Phi) is 8.84. The van der Waals surface area contributed by atoms with Crippen molar-refractivity contribution in [1.82, 2.24) is 10.2 Å². The summed E-state index contributed by atoms with van der Waals surface area (Å²) in [6, 6.07) is 21.4. The number of carbonyl (C=O) groups excluding carboxylic acids is 1. The van der Waals surface area contributed by atoms with Gasteiger partial charge in [-0.25, -0.2) is 8.42 Å².